The summed E-state index contributed by atoms with van der Waals surface area (Å²) in [4.78, 5) is 11.3. The molecule has 0 aromatic heterocycles. The quantitative estimate of drug-likeness (QED) is 0.785. The third kappa shape index (κ3) is 4.65. The molecule has 17 heavy (non-hydrogen) atoms. The Morgan fingerprint density at radius 2 is 2.12 bits per heavy atom. The molecule has 0 saturated heterocycles. The fourth-order valence-corrected chi connectivity index (χ4v) is 1.63. The van der Waals surface area contributed by atoms with Gasteiger partial charge in [0, 0.05) is 0 Å². The first kappa shape index (κ1) is 13.8. The Balaban J connectivity index is 2.55. The molecule has 0 atom stereocenters. The Kier molecular flexibility index (Phi) is 5.28. The van der Waals surface area contributed by atoms with Crippen molar-refractivity contribution in [3.05, 3.63) is 22.7 Å². The number of rotatable bonds is 5. The van der Waals surface area contributed by atoms with Gasteiger partial charge in [-0.15, -0.1) is 0 Å². The minimum Gasteiger partial charge on any atom is -0.497 e. The van der Waals surface area contributed by atoms with Crippen LogP contribution in [0.25, 0.3) is 0 Å². The molecule has 0 fully saturated rings. The molecule has 0 N–H and O–H groups in total. The van der Waals surface area contributed by atoms with E-state index >= 15 is 0 Å². The smallest absolute Gasteiger partial charge is 0.344 e. The second kappa shape index (κ2) is 6.49. The molecule has 0 bridgehead atoms. The van der Waals surface area contributed by atoms with E-state index in [0.29, 0.717) is 11.5 Å². The second-order valence-electron chi connectivity index (χ2n) is 3.62. The Morgan fingerprint density at radius 1 is 1.41 bits per heavy atom. The topological polar surface area (TPSA) is 44.8 Å². The van der Waals surface area contributed by atoms with Gasteiger partial charge in [-0.3, -0.25) is 0 Å². The van der Waals surface area contributed by atoms with Crippen LogP contribution in [0.2, 0.25) is 0 Å². The van der Waals surface area contributed by atoms with Gasteiger partial charge in [0.25, 0.3) is 0 Å². The van der Waals surface area contributed by atoms with Gasteiger partial charge >= 0.3 is 5.97 Å². The predicted molar refractivity (Wildman–Crippen MR) is 67.4 cm³/mol. The highest BCUT2D eigenvalue weighted by Gasteiger charge is 2.08. The van der Waals surface area contributed by atoms with E-state index in [2.05, 4.69) is 15.9 Å². The minimum absolute atomic E-state index is 0.108. The molecular weight excluding hydrogens is 288 g/mol. The third-order valence-corrected chi connectivity index (χ3v) is 2.47. The van der Waals surface area contributed by atoms with Crippen LogP contribution in [-0.4, -0.2) is 25.8 Å². The number of ether oxygens (including phenoxy) is 3. The van der Waals surface area contributed by atoms with Crippen molar-refractivity contribution < 1.29 is 19.0 Å². The number of carbonyl (C=O) groups excluding carboxylic acids is 1. The first-order valence-electron chi connectivity index (χ1n) is 5.18. The van der Waals surface area contributed by atoms with E-state index in [1.807, 2.05) is 0 Å². The molecule has 94 valence electrons. The van der Waals surface area contributed by atoms with Crippen LogP contribution in [0.3, 0.4) is 0 Å². The molecule has 1 aromatic carbocycles. The van der Waals surface area contributed by atoms with Gasteiger partial charge in [0.1, 0.15) is 11.5 Å². The SMILES string of the molecule is COc1ccc(OCC(=O)OC(C)C)c(Br)c1. The standard InChI is InChI=1S/C12H15BrO4/c1-8(2)17-12(14)7-16-11-5-4-9(15-3)6-10(11)13/h4-6,8H,7H2,1-3H3. The summed E-state index contributed by atoms with van der Waals surface area (Å²) < 4.78 is 16.1. The molecule has 0 aliphatic rings. The Labute approximate surface area is 109 Å². The lowest BCUT2D eigenvalue weighted by atomic mass is 10.3. The maximum atomic E-state index is 11.3. The van der Waals surface area contributed by atoms with Crippen LogP contribution in [0.5, 0.6) is 11.5 Å². The van der Waals surface area contributed by atoms with E-state index in [1.54, 1.807) is 39.2 Å². The lowest BCUT2D eigenvalue weighted by molar-refractivity contribution is -0.149. The van der Waals surface area contributed by atoms with Crippen molar-refractivity contribution in [3.63, 3.8) is 0 Å². The number of halogens is 1. The van der Waals surface area contributed by atoms with Crippen LogP contribution in [0.4, 0.5) is 0 Å². The average molecular weight is 303 g/mol. The van der Waals surface area contributed by atoms with Crippen LogP contribution in [0.15, 0.2) is 22.7 Å². The van der Waals surface area contributed by atoms with Crippen LogP contribution < -0.4 is 9.47 Å². The summed E-state index contributed by atoms with van der Waals surface area (Å²) in [6.07, 6.45) is -0.134. The molecule has 0 amide bonds. The van der Waals surface area contributed by atoms with Crippen LogP contribution >= 0.6 is 15.9 Å². The van der Waals surface area contributed by atoms with Gasteiger partial charge in [0.15, 0.2) is 6.61 Å². The first-order valence-corrected chi connectivity index (χ1v) is 5.98. The maximum Gasteiger partial charge on any atom is 0.344 e. The van der Waals surface area contributed by atoms with Crippen LogP contribution in [0, 0.1) is 0 Å². The lowest BCUT2D eigenvalue weighted by Crippen LogP contribution is -2.18. The number of hydrogen-bond donors (Lipinski definition) is 0. The molecule has 0 unspecified atom stereocenters. The van der Waals surface area contributed by atoms with E-state index < -0.39 is 0 Å². The number of carbonyl (C=O) groups is 1. The van der Waals surface area contributed by atoms with Crippen molar-refractivity contribution in [2.45, 2.75) is 20.0 Å². The highest BCUT2D eigenvalue weighted by Crippen LogP contribution is 2.28. The second-order valence-corrected chi connectivity index (χ2v) is 4.48. The average Bonchev–Trinajstić information content (AvgIpc) is 2.26. The number of benzene rings is 1. The van der Waals surface area contributed by atoms with Crippen LogP contribution in [-0.2, 0) is 9.53 Å². The molecule has 0 aliphatic carbocycles. The van der Waals surface area contributed by atoms with E-state index in [1.165, 1.54) is 0 Å². The summed E-state index contributed by atoms with van der Waals surface area (Å²) in [5.41, 5.74) is 0. The predicted octanol–water partition coefficient (Wildman–Crippen LogP) is 2.79. The molecule has 5 heteroatoms. The molecule has 0 heterocycles. The maximum absolute atomic E-state index is 11.3. The molecule has 1 rings (SSSR count). The Bertz CT molecular complexity index is 390. The van der Waals surface area contributed by atoms with Gasteiger partial charge in [-0.05, 0) is 48.0 Å². The summed E-state index contributed by atoms with van der Waals surface area (Å²) in [5.74, 6) is 0.906. The summed E-state index contributed by atoms with van der Waals surface area (Å²) in [6.45, 7) is 3.48. The van der Waals surface area contributed by atoms with Gasteiger partial charge in [-0.1, -0.05) is 0 Å². The highest BCUT2D eigenvalue weighted by molar-refractivity contribution is 9.10. The van der Waals surface area contributed by atoms with Gasteiger partial charge in [-0.2, -0.15) is 0 Å². The fourth-order valence-electron chi connectivity index (χ4n) is 1.16. The van der Waals surface area contributed by atoms with E-state index in [0.717, 1.165) is 4.47 Å². The third-order valence-electron chi connectivity index (χ3n) is 1.85. The molecular formula is C12H15BrO4. The lowest BCUT2D eigenvalue weighted by Gasteiger charge is -2.10. The molecule has 0 saturated carbocycles. The van der Waals surface area contributed by atoms with Crippen molar-refractivity contribution in [3.8, 4) is 11.5 Å². The first-order chi connectivity index (χ1) is 8.02. The molecule has 0 aliphatic heterocycles. The van der Waals surface area contributed by atoms with Crippen molar-refractivity contribution in [2.24, 2.45) is 0 Å². The summed E-state index contributed by atoms with van der Waals surface area (Å²) in [7, 11) is 1.59. The van der Waals surface area contributed by atoms with Crippen molar-refractivity contribution in [2.75, 3.05) is 13.7 Å². The van der Waals surface area contributed by atoms with Crippen LogP contribution in [0.1, 0.15) is 13.8 Å². The zero-order valence-electron chi connectivity index (χ0n) is 10.0. The van der Waals surface area contributed by atoms with Gasteiger partial charge in [0.05, 0.1) is 17.7 Å². The Hall–Kier alpha value is -1.23. The zero-order valence-corrected chi connectivity index (χ0v) is 11.6. The summed E-state index contributed by atoms with van der Waals surface area (Å²) >= 11 is 3.33. The molecule has 1 aromatic rings. The summed E-state index contributed by atoms with van der Waals surface area (Å²) in [5, 5.41) is 0. The van der Waals surface area contributed by atoms with Gasteiger partial charge < -0.3 is 14.2 Å². The number of esters is 1. The van der Waals surface area contributed by atoms with E-state index in [9.17, 15) is 4.79 Å². The Morgan fingerprint density at radius 3 is 2.65 bits per heavy atom. The van der Waals surface area contributed by atoms with Crippen molar-refractivity contribution in [1.29, 1.82) is 0 Å². The highest BCUT2D eigenvalue weighted by atomic mass is 79.9. The molecule has 0 radical (unpaired) electrons. The number of hydrogen-bond acceptors (Lipinski definition) is 4. The zero-order chi connectivity index (χ0) is 12.8. The monoisotopic (exact) mass is 302 g/mol. The van der Waals surface area contributed by atoms with E-state index in [4.69, 9.17) is 14.2 Å². The van der Waals surface area contributed by atoms with Crippen molar-refractivity contribution in [1.82, 2.24) is 0 Å². The van der Waals surface area contributed by atoms with Gasteiger partial charge in [-0.25, -0.2) is 4.79 Å². The fraction of sp³-hybridized carbons (Fsp3) is 0.417. The minimum atomic E-state index is -0.386. The summed E-state index contributed by atoms with van der Waals surface area (Å²) in [6, 6.07) is 5.25. The van der Waals surface area contributed by atoms with Crippen molar-refractivity contribution >= 4 is 21.9 Å². The molecule has 0 spiro atoms. The van der Waals surface area contributed by atoms with E-state index in [-0.39, 0.29) is 18.7 Å². The van der Waals surface area contributed by atoms with Gasteiger partial charge in [0.2, 0.25) is 0 Å². The normalized spacial score (nSPS) is 10.2. The largest absolute Gasteiger partial charge is 0.497 e. The number of methoxy groups -OCH3 is 1. The molecule has 4 nitrogen and oxygen atoms in total.